The van der Waals surface area contributed by atoms with Gasteiger partial charge in [0.15, 0.2) is 5.78 Å². The monoisotopic (exact) mass is 326 g/mol. The number of hydrogen-bond acceptors (Lipinski definition) is 3. The highest BCUT2D eigenvalue weighted by Crippen LogP contribution is 2.24. The van der Waals surface area contributed by atoms with E-state index < -0.39 is 5.63 Å². The van der Waals surface area contributed by atoms with Crippen LogP contribution in [-0.2, 0) is 0 Å². The Kier molecular flexibility index (Phi) is 3.75. The summed E-state index contributed by atoms with van der Waals surface area (Å²) in [6, 6.07) is 25.8. The first kappa shape index (κ1) is 15.1. The van der Waals surface area contributed by atoms with Crippen molar-refractivity contribution < 1.29 is 9.21 Å². The maximum atomic E-state index is 12.6. The summed E-state index contributed by atoms with van der Waals surface area (Å²) in [5.74, 6) is -0.332. The van der Waals surface area contributed by atoms with Crippen molar-refractivity contribution in [3.05, 3.63) is 106 Å². The number of carbonyl (C=O) groups excluding carboxylic acids is 1. The number of ketones is 1. The molecule has 0 amide bonds. The van der Waals surface area contributed by atoms with Crippen molar-refractivity contribution in [1.82, 2.24) is 0 Å². The fourth-order valence-corrected chi connectivity index (χ4v) is 2.84. The second kappa shape index (κ2) is 6.21. The van der Waals surface area contributed by atoms with Crippen molar-refractivity contribution in [2.45, 2.75) is 0 Å². The molecular weight excluding hydrogens is 312 g/mol. The second-order valence-electron chi connectivity index (χ2n) is 5.76. The van der Waals surface area contributed by atoms with E-state index in [-0.39, 0.29) is 11.3 Å². The van der Waals surface area contributed by atoms with Gasteiger partial charge >= 0.3 is 5.63 Å². The van der Waals surface area contributed by atoms with E-state index in [9.17, 15) is 9.59 Å². The molecule has 3 nitrogen and oxygen atoms in total. The molecule has 0 aliphatic heterocycles. The van der Waals surface area contributed by atoms with Gasteiger partial charge in [-0.15, -0.1) is 0 Å². The molecule has 4 rings (SSSR count). The van der Waals surface area contributed by atoms with Gasteiger partial charge in [-0.25, -0.2) is 4.79 Å². The van der Waals surface area contributed by atoms with Crippen LogP contribution in [0.4, 0.5) is 0 Å². The first-order chi connectivity index (χ1) is 12.2. The van der Waals surface area contributed by atoms with Crippen LogP contribution in [0.2, 0.25) is 0 Å². The lowest BCUT2D eigenvalue weighted by Crippen LogP contribution is -2.14. The van der Waals surface area contributed by atoms with Gasteiger partial charge in [0.2, 0.25) is 0 Å². The van der Waals surface area contributed by atoms with Crippen LogP contribution in [0.15, 0.2) is 94.1 Å². The summed E-state index contributed by atoms with van der Waals surface area (Å²) < 4.78 is 5.35. The first-order valence-corrected chi connectivity index (χ1v) is 7.95. The van der Waals surface area contributed by atoms with Crippen LogP contribution >= 0.6 is 0 Å². The molecule has 0 atom stereocenters. The zero-order valence-electron chi connectivity index (χ0n) is 13.3. The van der Waals surface area contributed by atoms with Crippen molar-refractivity contribution in [3.8, 4) is 11.1 Å². The lowest BCUT2D eigenvalue weighted by Gasteiger charge is -2.05. The van der Waals surface area contributed by atoms with Crippen LogP contribution in [0.25, 0.3) is 22.1 Å². The second-order valence-corrected chi connectivity index (χ2v) is 5.76. The van der Waals surface area contributed by atoms with Crippen molar-refractivity contribution in [2.75, 3.05) is 0 Å². The number of carbonyl (C=O) groups is 1. The third-order valence-corrected chi connectivity index (χ3v) is 4.12. The molecule has 1 aromatic heterocycles. The fraction of sp³-hybridized carbons (Fsp3) is 0. The van der Waals surface area contributed by atoms with Crippen molar-refractivity contribution >= 4 is 16.8 Å². The highest BCUT2D eigenvalue weighted by Gasteiger charge is 2.15. The molecule has 0 saturated heterocycles. The minimum atomic E-state index is -0.617. The topological polar surface area (TPSA) is 47.3 Å². The van der Waals surface area contributed by atoms with Crippen LogP contribution in [0.3, 0.4) is 0 Å². The molecule has 120 valence electrons. The van der Waals surface area contributed by atoms with Crippen LogP contribution in [0, 0.1) is 0 Å². The normalized spacial score (nSPS) is 10.7. The number of fused-ring (bicyclic) bond motifs is 1. The highest BCUT2D eigenvalue weighted by atomic mass is 16.4. The SMILES string of the molecule is O=C(c1ccccc1)c1cc2cc(-c3ccccc3)ccc2oc1=O. The Bertz CT molecular complexity index is 1110. The zero-order valence-corrected chi connectivity index (χ0v) is 13.3. The smallest absolute Gasteiger partial charge is 0.347 e. The summed E-state index contributed by atoms with van der Waals surface area (Å²) >= 11 is 0. The van der Waals surface area contributed by atoms with Crippen LogP contribution in [0.5, 0.6) is 0 Å². The molecule has 0 saturated carbocycles. The molecule has 3 aromatic carbocycles. The third-order valence-electron chi connectivity index (χ3n) is 4.12. The Hall–Kier alpha value is -3.46. The molecule has 1 heterocycles. The van der Waals surface area contributed by atoms with E-state index in [1.807, 2.05) is 48.5 Å². The molecule has 0 aliphatic rings. The molecule has 0 spiro atoms. The minimum absolute atomic E-state index is 0.0453. The molecule has 3 heteroatoms. The van der Waals surface area contributed by atoms with Gasteiger partial charge in [0.05, 0.1) is 0 Å². The fourth-order valence-electron chi connectivity index (χ4n) is 2.84. The van der Waals surface area contributed by atoms with Gasteiger partial charge in [-0.3, -0.25) is 4.79 Å². The van der Waals surface area contributed by atoms with Crippen LogP contribution in [-0.4, -0.2) is 5.78 Å². The summed E-state index contributed by atoms with van der Waals surface area (Å²) in [5.41, 5.74) is 2.42. The Morgan fingerprint density at radius 1 is 0.720 bits per heavy atom. The Balaban J connectivity index is 1.85. The molecule has 0 bridgehead atoms. The molecule has 0 aliphatic carbocycles. The number of benzene rings is 3. The molecule has 0 fully saturated rings. The Morgan fingerprint density at radius 2 is 1.40 bits per heavy atom. The van der Waals surface area contributed by atoms with Gasteiger partial charge in [-0.2, -0.15) is 0 Å². The van der Waals surface area contributed by atoms with Crippen LogP contribution in [0.1, 0.15) is 15.9 Å². The van der Waals surface area contributed by atoms with E-state index in [4.69, 9.17) is 4.42 Å². The van der Waals surface area contributed by atoms with Crippen molar-refractivity contribution in [1.29, 1.82) is 0 Å². The molecular formula is C22H14O3. The molecule has 0 radical (unpaired) electrons. The third kappa shape index (κ3) is 2.88. The lowest BCUT2D eigenvalue weighted by atomic mass is 10.0. The van der Waals surface area contributed by atoms with Gasteiger partial charge in [-0.1, -0.05) is 66.7 Å². The summed E-state index contributed by atoms with van der Waals surface area (Å²) in [5, 5.41) is 0.722. The molecule has 4 aromatic rings. The standard InChI is InChI=1S/C22H14O3/c23-21(16-9-5-2-6-10-16)19-14-18-13-17(15-7-3-1-4-8-15)11-12-20(18)25-22(19)24/h1-14H. The lowest BCUT2D eigenvalue weighted by molar-refractivity contribution is 0.103. The van der Waals surface area contributed by atoms with E-state index in [0.717, 1.165) is 16.5 Å². The predicted molar refractivity (Wildman–Crippen MR) is 97.8 cm³/mol. The largest absolute Gasteiger partial charge is 0.422 e. The Morgan fingerprint density at radius 3 is 2.12 bits per heavy atom. The summed E-state index contributed by atoms with van der Waals surface area (Å²) in [6.07, 6.45) is 0. The molecule has 25 heavy (non-hydrogen) atoms. The minimum Gasteiger partial charge on any atom is -0.422 e. The van der Waals surface area contributed by atoms with E-state index in [1.54, 1.807) is 36.4 Å². The van der Waals surface area contributed by atoms with E-state index >= 15 is 0 Å². The van der Waals surface area contributed by atoms with Gasteiger partial charge in [0.25, 0.3) is 0 Å². The number of hydrogen-bond donors (Lipinski definition) is 0. The van der Waals surface area contributed by atoms with Gasteiger partial charge in [0, 0.05) is 10.9 Å². The van der Waals surface area contributed by atoms with Crippen LogP contribution < -0.4 is 5.63 Å². The zero-order chi connectivity index (χ0) is 17.2. The summed E-state index contributed by atoms with van der Waals surface area (Å²) in [4.78, 5) is 24.8. The first-order valence-electron chi connectivity index (χ1n) is 7.95. The average Bonchev–Trinajstić information content (AvgIpc) is 2.68. The average molecular weight is 326 g/mol. The van der Waals surface area contributed by atoms with Gasteiger partial charge in [0.1, 0.15) is 11.1 Å². The summed E-state index contributed by atoms with van der Waals surface area (Å²) in [6.45, 7) is 0. The highest BCUT2D eigenvalue weighted by molar-refractivity contribution is 6.09. The molecule has 0 N–H and O–H groups in total. The quantitative estimate of drug-likeness (QED) is 0.405. The van der Waals surface area contributed by atoms with Gasteiger partial charge in [-0.05, 0) is 29.3 Å². The van der Waals surface area contributed by atoms with Crippen molar-refractivity contribution in [2.24, 2.45) is 0 Å². The molecule has 0 unspecified atom stereocenters. The van der Waals surface area contributed by atoms with E-state index in [0.29, 0.717) is 11.1 Å². The number of rotatable bonds is 3. The summed E-state index contributed by atoms with van der Waals surface area (Å²) in [7, 11) is 0. The van der Waals surface area contributed by atoms with Gasteiger partial charge < -0.3 is 4.42 Å². The van der Waals surface area contributed by atoms with E-state index in [2.05, 4.69) is 0 Å². The predicted octanol–water partition coefficient (Wildman–Crippen LogP) is 4.69. The van der Waals surface area contributed by atoms with E-state index in [1.165, 1.54) is 0 Å². The maximum absolute atomic E-state index is 12.6. The van der Waals surface area contributed by atoms with Crippen molar-refractivity contribution in [3.63, 3.8) is 0 Å². The maximum Gasteiger partial charge on any atom is 0.347 e. The Labute approximate surface area is 144 Å².